The highest BCUT2D eigenvalue weighted by molar-refractivity contribution is 7.89. The number of amides is 1. The fraction of sp³-hybridized carbons (Fsp3) is 0.188. The lowest BCUT2D eigenvalue weighted by molar-refractivity contribution is 0.0939. The molecular weight excluding hydrogens is 390 g/mol. The van der Waals surface area contributed by atoms with E-state index >= 15 is 0 Å². The Labute approximate surface area is 155 Å². The van der Waals surface area contributed by atoms with Crippen LogP contribution in [0, 0.1) is 12.7 Å². The molecule has 0 spiro atoms. The SMILES string of the molecule is Cc1ccc(C(=O)N[C@H](C)c2cc(F)c(Cl)cc2Cl)cc1S(N)(=O)=O. The van der Waals surface area contributed by atoms with Gasteiger partial charge in [0.1, 0.15) is 5.82 Å². The van der Waals surface area contributed by atoms with Gasteiger partial charge in [-0.3, -0.25) is 4.79 Å². The molecule has 5 nitrogen and oxygen atoms in total. The Morgan fingerprint density at radius 1 is 1.20 bits per heavy atom. The lowest BCUT2D eigenvalue weighted by Crippen LogP contribution is -2.27. The van der Waals surface area contributed by atoms with Crippen LogP contribution in [0.3, 0.4) is 0 Å². The van der Waals surface area contributed by atoms with Crippen molar-refractivity contribution in [1.82, 2.24) is 5.32 Å². The van der Waals surface area contributed by atoms with Gasteiger partial charge in [-0.1, -0.05) is 29.3 Å². The Balaban J connectivity index is 2.30. The Bertz CT molecular complexity index is 949. The van der Waals surface area contributed by atoms with E-state index in [0.29, 0.717) is 11.1 Å². The van der Waals surface area contributed by atoms with Gasteiger partial charge in [-0.05, 0) is 49.2 Å². The molecule has 0 saturated heterocycles. The second-order valence-corrected chi connectivity index (χ2v) is 7.85. The number of nitrogens with one attached hydrogen (secondary N) is 1. The maximum Gasteiger partial charge on any atom is 0.251 e. The predicted molar refractivity (Wildman–Crippen MR) is 94.9 cm³/mol. The minimum Gasteiger partial charge on any atom is -0.345 e. The van der Waals surface area contributed by atoms with Crippen molar-refractivity contribution < 1.29 is 17.6 Å². The number of primary sulfonamides is 1. The molecule has 134 valence electrons. The molecule has 0 aliphatic carbocycles. The number of sulfonamides is 1. The molecule has 2 aromatic carbocycles. The van der Waals surface area contributed by atoms with E-state index in [4.69, 9.17) is 28.3 Å². The minimum absolute atomic E-state index is 0.104. The zero-order chi connectivity index (χ0) is 18.9. The number of carbonyl (C=O) groups is 1. The number of carbonyl (C=O) groups excluding carboxylic acids is 1. The summed E-state index contributed by atoms with van der Waals surface area (Å²) in [6.45, 7) is 3.18. The van der Waals surface area contributed by atoms with Gasteiger partial charge in [0.05, 0.1) is 16.0 Å². The molecular formula is C16H15Cl2FN2O3S. The third-order valence-corrected chi connectivity index (χ3v) is 5.28. The largest absolute Gasteiger partial charge is 0.345 e. The van der Waals surface area contributed by atoms with Crippen LogP contribution in [0.4, 0.5) is 4.39 Å². The molecule has 2 rings (SSSR count). The van der Waals surface area contributed by atoms with Crippen LogP contribution in [0.1, 0.15) is 34.5 Å². The summed E-state index contributed by atoms with van der Waals surface area (Å²) < 4.78 is 36.7. The fourth-order valence-electron chi connectivity index (χ4n) is 2.28. The van der Waals surface area contributed by atoms with E-state index in [0.717, 1.165) is 6.07 Å². The van der Waals surface area contributed by atoms with Crippen LogP contribution in [-0.2, 0) is 10.0 Å². The second kappa shape index (κ2) is 7.29. The number of nitrogens with two attached hydrogens (primary N) is 1. The van der Waals surface area contributed by atoms with Crippen LogP contribution in [-0.4, -0.2) is 14.3 Å². The first-order valence-electron chi connectivity index (χ1n) is 7.09. The normalized spacial score (nSPS) is 12.7. The number of halogens is 3. The van der Waals surface area contributed by atoms with Crippen molar-refractivity contribution in [2.45, 2.75) is 24.8 Å². The van der Waals surface area contributed by atoms with Gasteiger partial charge in [0.15, 0.2) is 0 Å². The Hall–Kier alpha value is -1.67. The van der Waals surface area contributed by atoms with Crippen molar-refractivity contribution in [3.05, 3.63) is 62.9 Å². The highest BCUT2D eigenvalue weighted by Crippen LogP contribution is 2.29. The molecule has 1 atom stereocenters. The summed E-state index contributed by atoms with van der Waals surface area (Å²) in [5.41, 5.74) is 0.873. The minimum atomic E-state index is -3.95. The molecule has 0 aromatic heterocycles. The van der Waals surface area contributed by atoms with Gasteiger partial charge in [-0.2, -0.15) is 0 Å². The van der Waals surface area contributed by atoms with Crippen LogP contribution in [0.15, 0.2) is 35.2 Å². The van der Waals surface area contributed by atoms with Crippen LogP contribution >= 0.6 is 23.2 Å². The summed E-state index contributed by atoms with van der Waals surface area (Å²) in [5.74, 6) is -1.21. The van der Waals surface area contributed by atoms with E-state index in [1.807, 2.05) is 0 Å². The van der Waals surface area contributed by atoms with Crippen LogP contribution in [0.5, 0.6) is 0 Å². The first kappa shape index (κ1) is 19.7. The van der Waals surface area contributed by atoms with Crippen molar-refractivity contribution in [3.63, 3.8) is 0 Å². The van der Waals surface area contributed by atoms with Crippen LogP contribution < -0.4 is 10.5 Å². The summed E-state index contributed by atoms with van der Waals surface area (Å²) in [7, 11) is -3.95. The first-order chi connectivity index (χ1) is 11.5. The number of rotatable bonds is 4. The zero-order valence-electron chi connectivity index (χ0n) is 13.3. The van der Waals surface area contributed by atoms with Crippen molar-refractivity contribution in [2.24, 2.45) is 5.14 Å². The molecule has 0 radical (unpaired) electrons. The van der Waals surface area contributed by atoms with Gasteiger partial charge in [0, 0.05) is 10.6 Å². The third kappa shape index (κ3) is 4.49. The van der Waals surface area contributed by atoms with Gasteiger partial charge in [0.2, 0.25) is 10.0 Å². The van der Waals surface area contributed by atoms with Crippen molar-refractivity contribution in [2.75, 3.05) is 0 Å². The average molecular weight is 405 g/mol. The Morgan fingerprint density at radius 2 is 1.84 bits per heavy atom. The molecule has 0 bridgehead atoms. The molecule has 0 heterocycles. The predicted octanol–water partition coefficient (Wildman–Crippen LogP) is 3.58. The molecule has 9 heteroatoms. The molecule has 2 aromatic rings. The first-order valence-corrected chi connectivity index (χ1v) is 9.39. The smallest absolute Gasteiger partial charge is 0.251 e. The van der Waals surface area contributed by atoms with E-state index < -0.39 is 27.8 Å². The molecule has 25 heavy (non-hydrogen) atoms. The zero-order valence-corrected chi connectivity index (χ0v) is 15.6. The molecule has 0 saturated carbocycles. The molecule has 1 amide bonds. The Morgan fingerprint density at radius 3 is 2.44 bits per heavy atom. The van der Waals surface area contributed by atoms with E-state index in [-0.39, 0.29) is 20.5 Å². The molecule has 0 aliphatic heterocycles. The van der Waals surface area contributed by atoms with Gasteiger partial charge < -0.3 is 5.32 Å². The summed E-state index contributed by atoms with van der Waals surface area (Å²) in [6.07, 6.45) is 0. The number of hydrogen-bond donors (Lipinski definition) is 2. The van der Waals surface area contributed by atoms with Crippen LogP contribution in [0.2, 0.25) is 10.0 Å². The summed E-state index contributed by atoms with van der Waals surface area (Å²) in [4.78, 5) is 12.2. The number of aryl methyl sites for hydroxylation is 1. The topological polar surface area (TPSA) is 89.3 Å². The fourth-order valence-corrected chi connectivity index (χ4v) is 3.63. The lowest BCUT2D eigenvalue weighted by Gasteiger charge is -2.17. The van der Waals surface area contributed by atoms with E-state index in [1.54, 1.807) is 13.8 Å². The van der Waals surface area contributed by atoms with Gasteiger partial charge in [0.25, 0.3) is 5.91 Å². The second-order valence-electron chi connectivity index (χ2n) is 5.51. The maximum atomic E-state index is 13.6. The number of hydrogen-bond acceptors (Lipinski definition) is 3. The van der Waals surface area contributed by atoms with Gasteiger partial charge in [-0.25, -0.2) is 17.9 Å². The van der Waals surface area contributed by atoms with Gasteiger partial charge in [-0.15, -0.1) is 0 Å². The van der Waals surface area contributed by atoms with Crippen LogP contribution in [0.25, 0.3) is 0 Å². The van der Waals surface area contributed by atoms with E-state index in [2.05, 4.69) is 5.32 Å². The summed E-state index contributed by atoms with van der Waals surface area (Å²) in [5, 5.41) is 7.85. The van der Waals surface area contributed by atoms with E-state index in [9.17, 15) is 17.6 Å². The molecule has 3 N–H and O–H groups in total. The number of benzene rings is 2. The quantitative estimate of drug-likeness (QED) is 0.762. The molecule has 0 unspecified atom stereocenters. The monoisotopic (exact) mass is 404 g/mol. The van der Waals surface area contributed by atoms with Crippen molar-refractivity contribution >= 4 is 39.1 Å². The molecule has 0 aliphatic rings. The van der Waals surface area contributed by atoms with Crippen molar-refractivity contribution in [3.8, 4) is 0 Å². The average Bonchev–Trinajstić information content (AvgIpc) is 2.49. The lowest BCUT2D eigenvalue weighted by atomic mass is 10.1. The Kier molecular flexibility index (Phi) is 5.73. The standard InChI is InChI=1S/C16H15Cl2FN2O3S/c1-8-3-4-10(5-15(8)25(20,23)24)16(22)21-9(2)11-6-14(19)13(18)7-12(11)17/h3-7,9H,1-2H3,(H,21,22)(H2,20,23,24)/t9-/m1/s1. The summed E-state index contributed by atoms with van der Waals surface area (Å²) >= 11 is 11.7. The maximum absolute atomic E-state index is 13.6. The third-order valence-electron chi connectivity index (χ3n) is 3.61. The summed E-state index contributed by atoms with van der Waals surface area (Å²) in [6, 6.07) is 5.90. The van der Waals surface area contributed by atoms with Gasteiger partial charge >= 0.3 is 0 Å². The highest BCUT2D eigenvalue weighted by Gasteiger charge is 2.19. The van der Waals surface area contributed by atoms with Crippen molar-refractivity contribution in [1.29, 1.82) is 0 Å². The van der Waals surface area contributed by atoms with E-state index in [1.165, 1.54) is 24.3 Å². The molecule has 0 fully saturated rings. The highest BCUT2D eigenvalue weighted by atomic mass is 35.5.